The summed E-state index contributed by atoms with van der Waals surface area (Å²) in [6.07, 6.45) is 2.30. The molecule has 1 saturated heterocycles. The highest BCUT2D eigenvalue weighted by Gasteiger charge is 2.37. The summed E-state index contributed by atoms with van der Waals surface area (Å²) in [5.74, 6) is -0.318. The molecule has 1 fully saturated rings. The Morgan fingerprint density at radius 2 is 2.47 bits per heavy atom. The molecule has 0 spiro atoms. The molecule has 0 unspecified atom stereocenters. The van der Waals surface area contributed by atoms with Crippen LogP contribution in [-0.2, 0) is 4.79 Å². The Hall–Kier alpha value is -1.52. The second-order valence-corrected chi connectivity index (χ2v) is 3.92. The van der Waals surface area contributed by atoms with Crippen molar-refractivity contribution in [1.29, 1.82) is 0 Å². The highest BCUT2D eigenvalue weighted by atomic mass is 16.4. The summed E-state index contributed by atoms with van der Waals surface area (Å²) in [5, 5.41) is 8.98. The van der Waals surface area contributed by atoms with Gasteiger partial charge in [0.25, 0.3) is 6.01 Å². The van der Waals surface area contributed by atoms with Gasteiger partial charge in [-0.1, -0.05) is 0 Å². The molecular formula is C10H14N2O3. The first-order valence-corrected chi connectivity index (χ1v) is 5.01. The molecule has 15 heavy (non-hydrogen) atoms. The van der Waals surface area contributed by atoms with Gasteiger partial charge in [-0.05, 0) is 20.3 Å². The Labute approximate surface area is 87.7 Å². The molecule has 82 valence electrons. The van der Waals surface area contributed by atoms with Crippen LogP contribution in [0.25, 0.3) is 0 Å². The van der Waals surface area contributed by atoms with E-state index >= 15 is 0 Å². The normalized spacial score (nSPS) is 25.9. The average molecular weight is 210 g/mol. The topological polar surface area (TPSA) is 66.6 Å². The molecule has 1 aliphatic rings. The van der Waals surface area contributed by atoms with Crippen molar-refractivity contribution in [2.75, 3.05) is 11.4 Å². The molecule has 5 nitrogen and oxygen atoms in total. The predicted octanol–water partition coefficient (Wildman–Crippen LogP) is 1.28. The number of hydrogen-bond acceptors (Lipinski definition) is 4. The van der Waals surface area contributed by atoms with Crippen LogP contribution in [-0.4, -0.2) is 28.6 Å². The minimum absolute atomic E-state index is 0.0550. The Balaban J connectivity index is 2.16. The van der Waals surface area contributed by atoms with E-state index in [1.807, 2.05) is 18.7 Å². The molecule has 2 atom stereocenters. The SMILES string of the molecule is Cc1cnc(N2CC[C@H](C(=O)O)[C@H]2C)o1. The van der Waals surface area contributed by atoms with Crippen molar-refractivity contribution in [3.63, 3.8) is 0 Å². The van der Waals surface area contributed by atoms with Crippen LogP contribution < -0.4 is 4.90 Å². The summed E-state index contributed by atoms with van der Waals surface area (Å²) in [4.78, 5) is 16.9. The summed E-state index contributed by atoms with van der Waals surface area (Å²) in [6, 6.07) is 0.476. The predicted molar refractivity (Wildman–Crippen MR) is 53.8 cm³/mol. The van der Waals surface area contributed by atoms with Crippen molar-refractivity contribution in [3.8, 4) is 0 Å². The third-order valence-electron chi connectivity index (χ3n) is 2.93. The van der Waals surface area contributed by atoms with E-state index in [-0.39, 0.29) is 12.0 Å². The van der Waals surface area contributed by atoms with Crippen LogP contribution in [0.4, 0.5) is 6.01 Å². The van der Waals surface area contributed by atoms with Gasteiger partial charge in [-0.25, -0.2) is 4.98 Å². The van der Waals surface area contributed by atoms with Gasteiger partial charge in [0.15, 0.2) is 0 Å². The number of aliphatic carboxylic acids is 1. The standard InChI is InChI=1S/C10H14N2O3/c1-6-5-11-10(15-6)12-4-3-8(7(12)2)9(13)14/h5,7-8H,3-4H2,1-2H3,(H,13,14)/t7-,8+/m1/s1. The van der Waals surface area contributed by atoms with E-state index in [2.05, 4.69) is 4.98 Å². The minimum Gasteiger partial charge on any atom is -0.481 e. The van der Waals surface area contributed by atoms with Crippen molar-refractivity contribution in [3.05, 3.63) is 12.0 Å². The molecule has 5 heteroatoms. The largest absolute Gasteiger partial charge is 0.481 e. The van der Waals surface area contributed by atoms with Gasteiger partial charge in [0.2, 0.25) is 0 Å². The Morgan fingerprint density at radius 3 is 2.93 bits per heavy atom. The van der Waals surface area contributed by atoms with Gasteiger partial charge in [-0.15, -0.1) is 0 Å². The second-order valence-electron chi connectivity index (χ2n) is 3.92. The molecule has 0 radical (unpaired) electrons. The first kappa shape index (κ1) is 10.0. The van der Waals surface area contributed by atoms with Gasteiger partial charge in [0, 0.05) is 12.6 Å². The number of hydrogen-bond donors (Lipinski definition) is 1. The highest BCUT2D eigenvalue weighted by Crippen LogP contribution is 2.29. The number of nitrogens with zero attached hydrogens (tertiary/aromatic N) is 2. The fourth-order valence-corrected chi connectivity index (χ4v) is 2.02. The lowest BCUT2D eigenvalue weighted by Gasteiger charge is -2.20. The van der Waals surface area contributed by atoms with Crippen LogP contribution in [0, 0.1) is 12.8 Å². The third kappa shape index (κ3) is 1.69. The maximum atomic E-state index is 10.9. The average Bonchev–Trinajstić information content (AvgIpc) is 2.71. The Morgan fingerprint density at radius 1 is 1.73 bits per heavy atom. The number of aromatic nitrogens is 1. The fraction of sp³-hybridized carbons (Fsp3) is 0.600. The minimum atomic E-state index is -0.742. The van der Waals surface area contributed by atoms with Crippen molar-refractivity contribution in [2.45, 2.75) is 26.3 Å². The van der Waals surface area contributed by atoms with E-state index in [0.29, 0.717) is 19.0 Å². The van der Waals surface area contributed by atoms with Crippen molar-refractivity contribution < 1.29 is 14.3 Å². The molecular weight excluding hydrogens is 196 g/mol. The van der Waals surface area contributed by atoms with Gasteiger partial charge >= 0.3 is 5.97 Å². The molecule has 0 aliphatic carbocycles. The molecule has 1 aromatic rings. The quantitative estimate of drug-likeness (QED) is 0.796. The highest BCUT2D eigenvalue weighted by molar-refractivity contribution is 5.72. The zero-order valence-corrected chi connectivity index (χ0v) is 8.80. The van der Waals surface area contributed by atoms with Crippen LogP contribution in [0.3, 0.4) is 0 Å². The van der Waals surface area contributed by atoms with Gasteiger partial charge in [0.05, 0.1) is 12.1 Å². The fourth-order valence-electron chi connectivity index (χ4n) is 2.02. The molecule has 2 heterocycles. The molecule has 1 aliphatic heterocycles. The van der Waals surface area contributed by atoms with E-state index in [9.17, 15) is 4.79 Å². The van der Waals surface area contributed by atoms with Crippen molar-refractivity contribution in [2.24, 2.45) is 5.92 Å². The Kier molecular flexibility index (Phi) is 2.38. The van der Waals surface area contributed by atoms with Crippen LogP contribution in [0.5, 0.6) is 0 Å². The number of oxazole rings is 1. The number of rotatable bonds is 2. The monoisotopic (exact) mass is 210 g/mol. The van der Waals surface area contributed by atoms with Gasteiger partial charge in [0.1, 0.15) is 5.76 Å². The zero-order chi connectivity index (χ0) is 11.0. The van der Waals surface area contributed by atoms with E-state index in [0.717, 1.165) is 5.76 Å². The molecule has 0 amide bonds. The number of aryl methyl sites for hydroxylation is 1. The van der Waals surface area contributed by atoms with Crippen molar-refractivity contribution >= 4 is 12.0 Å². The van der Waals surface area contributed by atoms with Crippen LogP contribution in [0.2, 0.25) is 0 Å². The van der Waals surface area contributed by atoms with Crippen LogP contribution >= 0.6 is 0 Å². The first-order valence-electron chi connectivity index (χ1n) is 5.01. The second kappa shape index (κ2) is 3.56. The van der Waals surface area contributed by atoms with E-state index in [1.54, 1.807) is 6.20 Å². The summed E-state index contributed by atoms with van der Waals surface area (Å²) < 4.78 is 5.39. The smallest absolute Gasteiger partial charge is 0.308 e. The number of carbonyl (C=O) groups is 1. The van der Waals surface area contributed by atoms with E-state index < -0.39 is 5.97 Å². The van der Waals surface area contributed by atoms with Crippen LogP contribution in [0.1, 0.15) is 19.1 Å². The van der Waals surface area contributed by atoms with Crippen molar-refractivity contribution in [1.82, 2.24) is 4.98 Å². The van der Waals surface area contributed by atoms with Crippen LogP contribution in [0.15, 0.2) is 10.6 Å². The number of carboxylic acids is 1. The zero-order valence-electron chi connectivity index (χ0n) is 8.80. The summed E-state index contributed by atoms with van der Waals surface area (Å²) >= 11 is 0. The molecule has 1 N–H and O–H groups in total. The lowest BCUT2D eigenvalue weighted by molar-refractivity contribution is -0.141. The van der Waals surface area contributed by atoms with E-state index in [1.165, 1.54) is 0 Å². The number of carboxylic acid groups (broad SMARTS) is 1. The van der Waals surface area contributed by atoms with Gasteiger partial charge in [-0.3, -0.25) is 4.79 Å². The molecule has 0 saturated carbocycles. The molecule has 0 aromatic carbocycles. The maximum Gasteiger partial charge on any atom is 0.308 e. The maximum absolute atomic E-state index is 10.9. The summed E-state index contributed by atoms with van der Waals surface area (Å²) in [6.45, 7) is 4.41. The van der Waals surface area contributed by atoms with E-state index in [4.69, 9.17) is 9.52 Å². The first-order chi connectivity index (χ1) is 7.09. The third-order valence-corrected chi connectivity index (χ3v) is 2.93. The molecule has 1 aromatic heterocycles. The lowest BCUT2D eigenvalue weighted by Crippen LogP contribution is -2.33. The lowest BCUT2D eigenvalue weighted by atomic mass is 10.0. The van der Waals surface area contributed by atoms with Gasteiger partial charge in [-0.2, -0.15) is 0 Å². The summed E-state index contributed by atoms with van der Waals surface area (Å²) in [5.41, 5.74) is 0. The Bertz CT molecular complexity index is 374. The molecule has 2 rings (SSSR count). The molecule has 0 bridgehead atoms. The van der Waals surface area contributed by atoms with Gasteiger partial charge < -0.3 is 14.4 Å². The number of anilines is 1. The summed E-state index contributed by atoms with van der Waals surface area (Å²) in [7, 11) is 0.